The molecule has 68 valence electrons. The molecule has 3 heteroatoms. The van der Waals surface area contributed by atoms with E-state index in [1.165, 1.54) is 5.39 Å². The van der Waals surface area contributed by atoms with E-state index in [9.17, 15) is 0 Å². The van der Waals surface area contributed by atoms with Gasteiger partial charge in [-0.15, -0.1) is 0 Å². The maximum Gasteiger partial charge on any atom is 0.0712 e. The largest absolute Gasteiger partial charge is 0.268 e. The van der Waals surface area contributed by atoms with E-state index in [2.05, 4.69) is 23.9 Å². The molecule has 0 aliphatic rings. The Morgan fingerprint density at radius 3 is 2.85 bits per heavy atom. The molecule has 2 aromatic heterocycles. The van der Waals surface area contributed by atoms with E-state index in [0.717, 1.165) is 11.2 Å². The predicted octanol–water partition coefficient (Wildman–Crippen LogP) is 2.09. The molecule has 0 amide bonds. The van der Waals surface area contributed by atoms with E-state index in [1.54, 1.807) is 0 Å². The summed E-state index contributed by atoms with van der Waals surface area (Å²) >= 11 is 0. The Kier molecular flexibility index (Phi) is 1.79. The van der Waals surface area contributed by atoms with Crippen LogP contribution in [0.1, 0.15) is 25.5 Å². The molecule has 13 heavy (non-hydrogen) atoms. The Hall–Kier alpha value is -1.38. The Morgan fingerprint density at radius 1 is 1.38 bits per heavy atom. The lowest BCUT2D eigenvalue weighted by Gasteiger charge is -2.04. The highest BCUT2D eigenvalue weighted by molar-refractivity contribution is 5.81. The molecule has 3 nitrogen and oxygen atoms in total. The molecule has 2 aromatic rings. The predicted molar refractivity (Wildman–Crippen MR) is 52.6 cm³/mol. The van der Waals surface area contributed by atoms with Crippen molar-refractivity contribution in [2.24, 2.45) is 7.05 Å². The fourth-order valence-electron chi connectivity index (χ4n) is 1.56. The molecule has 0 N–H and O–H groups in total. The lowest BCUT2D eigenvalue weighted by Crippen LogP contribution is -1.94. The number of hydrogen-bond acceptors (Lipinski definition) is 2. The summed E-state index contributed by atoms with van der Waals surface area (Å²) in [6.07, 6.45) is 3.73. The summed E-state index contributed by atoms with van der Waals surface area (Å²) in [5, 5.41) is 5.38. The molecule has 0 saturated carbocycles. The average Bonchev–Trinajstić information content (AvgIpc) is 2.48. The van der Waals surface area contributed by atoms with Gasteiger partial charge in [0.15, 0.2) is 0 Å². The van der Waals surface area contributed by atoms with Crippen LogP contribution in [0, 0.1) is 0 Å². The molecule has 0 aromatic carbocycles. The zero-order chi connectivity index (χ0) is 9.42. The molecule has 0 radical (unpaired) electrons. The second-order valence-corrected chi connectivity index (χ2v) is 3.55. The van der Waals surface area contributed by atoms with E-state index in [0.29, 0.717) is 5.92 Å². The van der Waals surface area contributed by atoms with Gasteiger partial charge in [-0.05, 0) is 12.0 Å². The molecular formula is C10H13N3. The van der Waals surface area contributed by atoms with Gasteiger partial charge in [-0.25, -0.2) is 0 Å². The van der Waals surface area contributed by atoms with Crippen molar-refractivity contribution in [3.8, 4) is 0 Å². The van der Waals surface area contributed by atoms with Gasteiger partial charge in [0, 0.05) is 18.6 Å². The van der Waals surface area contributed by atoms with Crippen LogP contribution in [0.15, 0.2) is 18.5 Å². The van der Waals surface area contributed by atoms with Gasteiger partial charge in [0.05, 0.1) is 17.4 Å². The second-order valence-electron chi connectivity index (χ2n) is 3.55. The Labute approximate surface area is 77.4 Å². The Morgan fingerprint density at radius 2 is 2.15 bits per heavy atom. The van der Waals surface area contributed by atoms with Gasteiger partial charge in [-0.3, -0.25) is 9.67 Å². The van der Waals surface area contributed by atoms with Crippen LogP contribution in [0.4, 0.5) is 0 Å². The fraction of sp³-hybridized carbons (Fsp3) is 0.400. The number of aromatic nitrogens is 3. The zero-order valence-corrected chi connectivity index (χ0v) is 8.15. The highest BCUT2D eigenvalue weighted by Gasteiger charge is 2.08. The van der Waals surface area contributed by atoms with E-state index in [4.69, 9.17) is 0 Å². The van der Waals surface area contributed by atoms with Crippen LogP contribution in [0.5, 0.6) is 0 Å². The van der Waals surface area contributed by atoms with Gasteiger partial charge in [0.2, 0.25) is 0 Å². The van der Waals surface area contributed by atoms with Crippen LogP contribution in [-0.4, -0.2) is 14.8 Å². The van der Waals surface area contributed by atoms with E-state index < -0.39 is 0 Å². The van der Waals surface area contributed by atoms with Crippen molar-refractivity contribution in [2.45, 2.75) is 19.8 Å². The van der Waals surface area contributed by atoms with Crippen LogP contribution in [0.3, 0.4) is 0 Å². The standard InChI is InChI=1S/C10H13N3/c1-7(2)10-8-6-12-13(3)9(8)4-5-11-10/h4-7H,1-3H3. The second kappa shape index (κ2) is 2.83. The van der Waals surface area contributed by atoms with Crippen molar-refractivity contribution in [3.63, 3.8) is 0 Å². The Balaban J connectivity index is 2.77. The van der Waals surface area contributed by atoms with Crippen LogP contribution >= 0.6 is 0 Å². The van der Waals surface area contributed by atoms with Gasteiger partial charge >= 0.3 is 0 Å². The molecule has 0 aliphatic heterocycles. The summed E-state index contributed by atoms with van der Waals surface area (Å²) in [6, 6.07) is 1.99. The van der Waals surface area contributed by atoms with Crippen LogP contribution < -0.4 is 0 Å². The third-order valence-electron chi connectivity index (χ3n) is 2.25. The van der Waals surface area contributed by atoms with Crippen LogP contribution in [-0.2, 0) is 7.05 Å². The first-order valence-corrected chi connectivity index (χ1v) is 4.46. The maximum absolute atomic E-state index is 4.37. The number of rotatable bonds is 1. The molecule has 0 unspecified atom stereocenters. The van der Waals surface area contributed by atoms with Gasteiger partial charge < -0.3 is 0 Å². The minimum Gasteiger partial charge on any atom is -0.268 e. The third-order valence-corrected chi connectivity index (χ3v) is 2.25. The lowest BCUT2D eigenvalue weighted by atomic mass is 10.1. The van der Waals surface area contributed by atoms with E-state index >= 15 is 0 Å². The number of pyridine rings is 1. The van der Waals surface area contributed by atoms with Crippen molar-refractivity contribution in [1.29, 1.82) is 0 Å². The SMILES string of the molecule is CC(C)c1nccc2c1cnn2C. The molecule has 0 atom stereocenters. The smallest absolute Gasteiger partial charge is 0.0712 e. The number of aryl methyl sites for hydroxylation is 1. The Bertz CT molecular complexity index is 429. The summed E-state index contributed by atoms with van der Waals surface area (Å²) in [5.74, 6) is 0.452. The average molecular weight is 175 g/mol. The molecule has 0 saturated heterocycles. The molecule has 0 fully saturated rings. The highest BCUT2D eigenvalue weighted by Crippen LogP contribution is 2.21. The summed E-state index contributed by atoms with van der Waals surface area (Å²) in [5.41, 5.74) is 2.28. The fourth-order valence-corrected chi connectivity index (χ4v) is 1.56. The molecular weight excluding hydrogens is 162 g/mol. The quantitative estimate of drug-likeness (QED) is 0.664. The lowest BCUT2D eigenvalue weighted by molar-refractivity contribution is 0.796. The first-order chi connectivity index (χ1) is 6.20. The summed E-state index contributed by atoms with van der Waals surface area (Å²) in [6.45, 7) is 4.30. The van der Waals surface area contributed by atoms with E-state index in [1.807, 2.05) is 30.2 Å². The van der Waals surface area contributed by atoms with E-state index in [-0.39, 0.29) is 0 Å². The van der Waals surface area contributed by atoms with Crippen LogP contribution in [0.25, 0.3) is 10.9 Å². The first-order valence-electron chi connectivity index (χ1n) is 4.46. The maximum atomic E-state index is 4.37. The van der Waals surface area contributed by atoms with Crippen molar-refractivity contribution < 1.29 is 0 Å². The van der Waals surface area contributed by atoms with Gasteiger partial charge in [-0.1, -0.05) is 13.8 Å². The van der Waals surface area contributed by atoms with Crippen molar-refractivity contribution in [3.05, 3.63) is 24.2 Å². The van der Waals surface area contributed by atoms with Crippen molar-refractivity contribution >= 4 is 10.9 Å². The number of fused-ring (bicyclic) bond motifs is 1. The van der Waals surface area contributed by atoms with Gasteiger partial charge in [-0.2, -0.15) is 5.10 Å². The molecule has 0 aliphatic carbocycles. The minimum absolute atomic E-state index is 0.452. The normalized spacial score (nSPS) is 11.4. The highest BCUT2D eigenvalue weighted by atomic mass is 15.2. The van der Waals surface area contributed by atoms with Gasteiger partial charge in [0.1, 0.15) is 0 Å². The third kappa shape index (κ3) is 1.20. The van der Waals surface area contributed by atoms with Crippen molar-refractivity contribution in [1.82, 2.24) is 14.8 Å². The summed E-state index contributed by atoms with van der Waals surface area (Å²) in [4.78, 5) is 4.37. The minimum atomic E-state index is 0.452. The number of nitrogens with zero attached hydrogens (tertiary/aromatic N) is 3. The molecule has 2 rings (SSSR count). The zero-order valence-electron chi connectivity index (χ0n) is 8.15. The monoisotopic (exact) mass is 175 g/mol. The van der Waals surface area contributed by atoms with Crippen molar-refractivity contribution in [2.75, 3.05) is 0 Å². The van der Waals surface area contributed by atoms with Gasteiger partial charge in [0.25, 0.3) is 0 Å². The first kappa shape index (κ1) is 8.23. The molecule has 0 spiro atoms. The summed E-state index contributed by atoms with van der Waals surface area (Å²) < 4.78 is 1.88. The molecule has 0 bridgehead atoms. The number of hydrogen-bond donors (Lipinski definition) is 0. The molecule has 2 heterocycles. The topological polar surface area (TPSA) is 30.7 Å². The summed E-state index contributed by atoms with van der Waals surface area (Å²) in [7, 11) is 1.95. The van der Waals surface area contributed by atoms with Crippen LogP contribution in [0.2, 0.25) is 0 Å².